The highest BCUT2D eigenvalue weighted by Crippen LogP contribution is 2.27. The Morgan fingerprint density at radius 2 is 2.12 bits per heavy atom. The number of hydrogen-bond acceptors (Lipinski definition) is 4. The summed E-state index contributed by atoms with van der Waals surface area (Å²) in [5.41, 5.74) is 0.763. The number of rotatable bonds is 5. The number of phenolic OH excluding ortho intramolecular Hbond substituents is 1. The van der Waals surface area contributed by atoms with Gasteiger partial charge in [0.1, 0.15) is 0 Å². The Morgan fingerprint density at radius 3 is 2.76 bits per heavy atom. The zero-order valence-corrected chi connectivity index (χ0v) is 9.97. The summed E-state index contributed by atoms with van der Waals surface area (Å²) in [4.78, 5) is 11.1. The van der Waals surface area contributed by atoms with Gasteiger partial charge >= 0.3 is 5.97 Å². The van der Waals surface area contributed by atoms with Crippen molar-refractivity contribution in [3.63, 3.8) is 0 Å². The molecule has 0 saturated carbocycles. The molecule has 0 aliphatic heterocycles. The van der Waals surface area contributed by atoms with Gasteiger partial charge in [-0.1, -0.05) is 6.07 Å². The van der Waals surface area contributed by atoms with E-state index >= 15 is 0 Å². The van der Waals surface area contributed by atoms with Crippen LogP contribution in [-0.2, 0) is 9.53 Å². The minimum Gasteiger partial charge on any atom is -0.504 e. The van der Waals surface area contributed by atoms with Crippen LogP contribution in [0.1, 0.15) is 19.4 Å². The normalized spacial score (nSPS) is 10.5. The summed E-state index contributed by atoms with van der Waals surface area (Å²) in [6.07, 6.45) is 2.95. The van der Waals surface area contributed by atoms with Crippen LogP contribution in [0.2, 0.25) is 0 Å². The van der Waals surface area contributed by atoms with E-state index in [-0.39, 0.29) is 5.75 Å². The van der Waals surface area contributed by atoms with E-state index < -0.39 is 5.97 Å². The molecule has 92 valence electrons. The third-order valence-corrected chi connectivity index (χ3v) is 1.98. The van der Waals surface area contributed by atoms with Gasteiger partial charge in [-0.25, -0.2) is 4.79 Å². The largest absolute Gasteiger partial charge is 0.504 e. The molecule has 1 rings (SSSR count). The second-order valence-corrected chi connectivity index (χ2v) is 3.25. The van der Waals surface area contributed by atoms with Crippen LogP contribution in [0.3, 0.4) is 0 Å². The van der Waals surface area contributed by atoms with Crippen molar-refractivity contribution in [2.45, 2.75) is 13.8 Å². The van der Waals surface area contributed by atoms with Crippen LogP contribution in [-0.4, -0.2) is 24.3 Å². The van der Waals surface area contributed by atoms with Crippen LogP contribution in [0.5, 0.6) is 11.5 Å². The van der Waals surface area contributed by atoms with E-state index in [2.05, 4.69) is 0 Å². The maximum absolute atomic E-state index is 11.1. The first-order valence-corrected chi connectivity index (χ1v) is 5.48. The SMILES string of the molecule is CCOC(=O)C=Cc1ccc(O)c(OCC)c1. The molecule has 0 radical (unpaired) electrons. The maximum Gasteiger partial charge on any atom is 0.330 e. The molecule has 0 saturated heterocycles. The van der Waals surface area contributed by atoms with E-state index in [1.807, 2.05) is 6.92 Å². The van der Waals surface area contributed by atoms with Gasteiger partial charge in [-0.05, 0) is 37.6 Å². The molecule has 0 aromatic heterocycles. The lowest BCUT2D eigenvalue weighted by Gasteiger charge is -2.06. The number of hydrogen-bond donors (Lipinski definition) is 1. The first kappa shape index (κ1) is 13.1. The van der Waals surface area contributed by atoms with Gasteiger partial charge in [0, 0.05) is 6.08 Å². The Bertz CT molecular complexity index is 410. The Morgan fingerprint density at radius 1 is 1.35 bits per heavy atom. The van der Waals surface area contributed by atoms with Crippen molar-refractivity contribution in [1.29, 1.82) is 0 Å². The van der Waals surface area contributed by atoms with Gasteiger partial charge in [0.2, 0.25) is 0 Å². The zero-order valence-electron chi connectivity index (χ0n) is 9.97. The molecule has 17 heavy (non-hydrogen) atoms. The average Bonchev–Trinajstić information content (AvgIpc) is 2.31. The van der Waals surface area contributed by atoms with E-state index in [1.54, 1.807) is 25.1 Å². The first-order valence-electron chi connectivity index (χ1n) is 5.48. The summed E-state index contributed by atoms with van der Waals surface area (Å²) < 4.78 is 9.99. The molecule has 1 aromatic carbocycles. The van der Waals surface area contributed by atoms with Gasteiger partial charge < -0.3 is 14.6 Å². The number of aromatic hydroxyl groups is 1. The number of ether oxygens (including phenoxy) is 2. The van der Waals surface area contributed by atoms with Crippen LogP contribution >= 0.6 is 0 Å². The highest BCUT2D eigenvalue weighted by molar-refractivity contribution is 5.87. The third-order valence-electron chi connectivity index (χ3n) is 1.98. The van der Waals surface area contributed by atoms with Crippen LogP contribution in [0.15, 0.2) is 24.3 Å². The predicted molar refractivity (Wildman–Crippen MR) is 64.9 cm³/mol. The van der Waals surface area contributed by atoms with Crippen LogP contribution < -0.4 is 4.74 Å². The van der Waals surface area contributed by atoms with E-state index in [9.17, 15) is 9.90 Å². The van der Waals surface area contributed by atoms with Gasteiger partial charge in [0.15, 0.2) is 11.5 Å². The van der Waals surface area contributed by atoms with Gasteiger partial charge in [0.05, 0.1) is 13.2 Å². The molecule has 0 unspecified atom stereocenters. The minimum atomic E-state index is -0.390. The zero-order chi connectivity index (χ0) is 12.7. The molecule has 1 N–H and O–H groups in total. The fraction of sp³-hybridized carbons (Fsp3) is 0.308. The number of carbonyl (C=O) groups excluding carboxylic acids is 1. The summed E-state index contributed by atoms with van der Waals surface area (Å²) in [7, 11) is 0. The number of benzene rings is 1. The van der Waals surface area contributed by atoms with Crippen LogP contribution in [0.4, 0.5) is 0 Å². The molecule has 4 nitrogen and oxygen atoms in total. The molecule has 0 atom stereocenters. The molecular weight excluding hydrogens is 220 g/mol. The van der Waals surface area contributed by atoms with E-state index in [1.165, 1.54) is 12.1 Å². The minimum absolute atomic E-state index is 0.0835. The monoisotopic (exact) mass is 236 g/mol. The van der Waals surface area contributed by atoms with Crippen LogP contribution in [0, 0.1) is 0 Å². The standard InChI is InChI=1S/C13H16O4/c1-3-16-12-9-10(5-7-11(12)14)6-8-13(15)17-4-2/h5-9,14H,3-4H2,1-2H3. The lowest BCUT2D eigenvalue weighted by Crippen LogP contribution is -1.98. The molecule has 0 bridgehead atoms. The summed E-state index contributed by atoms with van der Waals surface area (Å²) in [5, 5.41) is 9.49. The van der Waals surface area contributed by atoms with E-state index in [0.29, 0.717) is 19.0 Å². The Labute approximate surface area is 100 Å². The topological polar surface area (TPSA) is 55.8 Å². The van der Waals surface area contributed by atoms with Crippen molar-refractivity contribution in [3.8, 4) is 11.5 Å². The first-order chi connectivity index (χ1) is 8.17. The number of esters is 1. The van der Waals surface area contributed by atoms with E-state index in [4.69, 9.17) is 9.47 Å². The maximum atomic E-state index is 11.1. The average molecular weight is 236 g/mol. The second-order valence-electron chi connectivity index (χ2n) is 3.25. The molecule has 0 aliphatic rings. The summed E-state index contributed by atoms with van der Waals surface area (Å²) in [6, 6.07) is 4.87. The number of carbonyl (C=O) groups is 1. The second kappa shape index (κ2) is 6.58. The lowest BCUT2D eigenvalue weighted by atomic mass is 10.2. The van der Waals surface area contributed by atoms with Crippen molar-refractivity contribution in [2.75, 3.05) is 13.2 Å². The van der Waals surface area contributed by atoms with Gasteiger partial charge in [-0.3, -0.25) is 0 Å². The van der Waals surface area contributed by atoms with Gasteiger partial charge in [-0.15, -0.1) is 0 Å². The molecule has 4 heteroatoms. The molecule has 0 spiro atoms. The Kier molecular flexibility index (Phi) is 5.07. The van der Waals surface area contributed by atoms with E-state index in [0.717, 1.165) is 5.56 Å². The van der Waals surface area contributed by atoms with Crippen molar-refractivity contribution in [3.05, 3.63) is 29.8 Å². The molecular formula is C13H16O4. The van der Waals surface area contributed by atoms with Crippen LogP contribution in [0.25, 0.3) is 6.08 Å². The quantitative estimate of drug-likeness (QED) is 0.630. The fourth-order valence-electron chi connectivity index (χ4n) is 1.26. The molecule has 0 heterocycles. The lowest BCUT2D eigenvalue weighted by molar-refractivity contribution is -0.137. The summed E-state index contributed by atoms with van der Waals surface area (Å²) >= 11 is 0. The molecule has 0 amide bonds. The molecule has 1 aromatic rings. The predicted octanol–water partition coefficient (Wildman–Crippen LogP) is 2.37. The third kappa shape index (κ3) is 4.18. The van der Waals surface area contributed by atoms with Gasteiger partial charge in [-0.2, -0.15) is 0 Å². The van der Waals surface area contributed by atoms with Gasteiger partial charge in [0.25, 0.3) is 0 Å². The smallest absolute Gasteiger partial charge is 0.330 e. The summed E-state index contributed by atoms with van der Waals surface area (Å²) in [5.74, 6) is 0.0946. The van der Waals surface area contributed by atoms with Crippen molar-refractivity contribution in [1.82, 2.24) is 0 Å². The Balaban J connectivity index is 2.78. The summed E-state index contributed by atoms with van der Waals surface area (Å²) in [6.45, 7) is 4.40. The highest BCUT2D eigenvalue weighted by Gasteiger charge is 2.02. The van der Waals surface area contributed by atoms with Crippen molar-refractivity contribution in [2.24, 2.45) is 0 Å². The fourth-order valence-corrected chi connectivity index (χ4v) is 1.26. The Hall–Kier alpha value is -1.97. The number of phenols is 1. The highest BCUT2D eigenvalue weighted by atomic mass is 16.5. The van der Waals surface area contributed by atoms with Crippen molar-refractivity contribution >= 4 is 12.0 Å². The molecule has 0 fully saturated rings. The van der Waals surface area contributed by atoms with Crippen molar-refractivity contribution < 1.29 is 19.4 Å². The molecule has 0 aliphatic carbocycles.